The van der Waals surface area contributed by atoms with Crippen molar-refractivity contribution >= 4 is 10.0 Å². The van der Waals surface area contributed by atoms with Crippen molar-refractivity contribution in [3.63, 3.8) is 0 Å². The summed E-state index contributed by atoms with van der Waals surface area (Å²) in [6, 6.07) is 0. The van der Waals surface area contributed by atoms with E-state index in [0.717, 1.165) is 18.7 Å². The van der Waals surface area contributed by atoms with Crippen LogP contribution in [-0.4, -0.2) is 48.4 Å². The molecule has 0 radical (unpaired) electrons. The standard InChI is InChI=1S/C11H22N4O2S/c1-4-12-6-5-7-18(16,17)15(3)10-11-8-13-14(2)9-11/h8-9,12H,4-7,10H2,1-3H3. The fourth-order valence-corrected chi connectivity index (χ4v) is 2.79. The summed E-state index contributed by atoms with van der Waals surface area (Å²) in [6.45, 7) is 3.97. The van der Waals surface area contributed by atoms with Crippen molar-refractivity contribution in [3.8, 4) is 0 Å². The van der Waals surface area contributed by atoms with Crippen LogP contribution in [0.5, 0.6) is 0 Å². The van der Waals surface area contributed by atoms with Gasteiger partial charge >= 0.3 is 0 Å². The molecule has 0 fully saturated rings. The number of hydrogen-bond acceptors (Lipinski definition) is 4. The summed E-state index contributed by atoms with van der Waals surface area (Å²) in [6.07, 6.45) is 4.14. The molecule has 6 nitrogen and oxygen atoms in total. The Labute approximate surface area is 109 Å². The Balaban J connectivity index is 2.46. The molecule has 7 heteroatoms. The van der Waals surface area contributed by atoms with Crippen LogP contribution in [0.3, 0.4) is 0 Å². The van der Waals surface area contributed by atoms with Crippen LogP contribution in [0.25, 0.3) is 0 Å². The summed E-state index contributed by atoms with van der Waals surface area (Å²) in [5.41, 5.74) is 0.898. The average molecular weight is 274 g/mol. The highest BCUT2D eigenvalue weighted by atomic mass is 32.2. The average Bonchev–Trinajstić information content (AvgIpc) is 2.70. The van der Waals surface area contributed by atoms with Gasteiger partial charge in [-0.05, 0) is 19.5 Å². The Morgan fingerprint density at radius 3 is 2.78 bits per heavy atom. The number of nitrogens with zero attached hydrogens (tertiary/aromatic N) is 3. The van der Waals surface area contributed by atoms with E-state index in [1.54, 1.807) is 17.9 Å². The van der Waals surface area contributed by atoms with Gasteiger partial charge in [0, 0.05) is 32.4 Å². The molecular weight excluding hydrogens is 252 g/mol. The molecule has 0 unspecified atom stereocenters. The van der Waals surface area contributed by atoms with Crippen LogP contribution in [-0.2, 0) is 23.6 Å². The lowest BCUT2D eigenvalue weighted by molar-refractivity contribution is 0.464. The van der Waals surface area contributed by atoms with Crippen LogP contribution in [0.4, 0.5) is 0 Å². The Morgan fingerprint density at radius 1 is 1.50 bits per heavy atom. The van der Waals surface area contributed by atoms with Gasteiger partial charge in [-0.3, -0.25) is 4.68 Å². The van der Waals surface area contributed by atoms with E-state index in [2.05, 4.69) is 10.4 Å². The highest BCUT2D eigenvalue weighted by molar-refractivity contribution is 7.89. The van der Waals surface area contributed by atoms with E-state index in [0.29, 0.717) is 13.0 Å². The van der Waals surface area contributed by atoms with Crippen LogP contribution >= 0.6 is 0 Å². The summed E-state index contributed by atoms with van der Waals surface area (Å²) in [7, 11) is 0.247. The molecule has 18 heavy (non-hydrogen) atoms. The molecule has 0 saturated heterocycles. The molecule has 0 aromatic carbocycles. The molecule has 1 aromatic rings. The SMILES string of the molecule is CCNCCCS(=O)(=O)N(C)Cc1cnn(C)c1. The monoisotopic (exact) mass is 274 g/mol. The summed E-state index contributed by atoms with van der Waals surface area (Å²) in [4.78, 5) is 0. The first-order chi connectivity index (χ1) is 8.45. The second-order valence-corrected chi connectivity index (χ2v) is 6.50. The molecule has 104 valence electrons. The molecule has 0 aliphatic heterocycles. The largest absolute Gasteiger partial charge is 0.317 e. The minimum absolute atomic E-state index is 0.177. The zero-order valence-electron chi connectivity index (χ0n) is 11.3. The van der Waals surface area contributed by atoms with Crippen LogP contribution < -0.4 is 5.32 Å². The Hall–Kier alpha value is -0.920. The number of sulfonamides is 1. The van der Waals surface area contributed by atoms with Crippen molar-refractivity contribution in [2.24, 2.45) is 7.05 Å². The molecular formula is C11H22N4O2S. The maximum atomic E-state index is 12.0. The van der Waals surface area contributed by atoms with Gasteiger partial charge in [0.15, 0.2) is 0 Å². The van der Waals surface area contributed by atoms with Gasteiger partial charge in [-0.1, -0.05) is 6.92 Å². The van der Waals surface area contributed by atoms with E-state index in [1.165, 1.54) is 4.31 Å². The van der Waals surface area contributed by atoms with E-state index in [9.17, 15) is 8.42 Å². The van der Waals surface area contributed by atoms with Gasteiger partial charge in [-0.25, -0.2) is 12.7 Å². The van der Waals surface area contributed by atoms with Crippen LogP contribution in [0, 0.1) is 0 Å². The molecule has 1 N–H and O–H groups in total. The predicted molar refractivity (Wildman–Crippen MR) is 71.6 cm³/mol. The number of rotatable bonds is 8. The molecule has 0 spiro atoms. The van der Waals surface area contributed by atoms with Gasteiger partial charge in [0.1, 0.15) is 0 Å². The lowest BCUT2D eigenvalue weighted by atomic mass is 10.4. The number of nitrogens with one attached hydrogen (secondary N) is 1. The Morgan fingerprint density at radius 2 is 2.22 bits per heavy atom. The minimum atomic E-state index is -3.17. The summed E-state index contributed by atoms with van der Waals surface area (Å²) in [5.74, 6) is 0.177. The van der Waals surface area contributed by atoms with Crippen LogP contribution in [0.1, 0.15) is 18.9 Å². The van der Waals surface area contributed by atoms with Gasteiger partial charge < -0.3 is 5.32 Å². The topological polar surface area (TPSA) is 67.2 Å². The molecule has 1 heterocycles. The van der Waals surface area contributed by atoms with Crippen molar-refractivity contribution in [2.75, 3.05) is 25.9 Å². The molecule has 0 atom stereocenters. The predicted octanol–water partition coefficient (Wildman–Crippen LogP) is 0.181. The molecule has 0 aliphatic carbocycles. The highest BCUT2D eigenvalue weighted by Gasteiger charge is 2.17. The highest BCUT2D eigenvalue weighted by Crippen LogP contribution is 2.07. The molecule has 0 bridgehead atoms. The van der Waals surface area contributed by atoms with E-state index >= 15 is 0 Å². The first kappa shape index (κ1) is 15.1. The number of aryl methyl sites for hydroxylation is 1. The summed E-state index contributed by atoms with van der Waals surface area (Å²) in [5, 5.41) is 7.14. The molecule has 1 rings (SSSR count). The van der Waals surface area contributed by atoms with Gasteiger partial charge in [0.05, 0.1) is 11.9 Å². The molecule has 0 aliphatic rings. The van der Waals surface area contributed by atoms with Gasteiger partial charge in [-0.15, -0.1) is 0 Å². The zero-order valence-corrected chi connectivity index (χ0v) is 12.1. The van der Waals surface area contributed by atoms with E-state index in [4.69, 9.17) is 0 Å². The molecule has 1 aromatic heterocycles. The molecule has 0 saturated carbocycles. The Kier molecular flexibility index (Phi) is 5.77. The van der Waals surface area contributed by atoms with Gasteiger partial charge in [-0.2, -0.15) is 5.10 Å². The number of aromatic nitrogens is 2. The van der Waals surface area contributed by atoms with Gasteiger partial charge in [0.25, 0.3) is 0 Å². The normalized spacial score (nSPS) is 12.2. The van der Waals surface area contributed by atoms with Crippen molar-refractivity contribution in [1.29, 1.82) is 0 Å². The van der Waals surface area contributed by atoms with Crippen molar-refractivity contribution in [2.45, 2.75) is 19.9 Å². The Bertz CT molecular complexity index is 455. The second-order valence-electron chi connectivity index (χ2n) is 4.30. The quantitative estimate of drug-likeness (QED) is 0.687. The number of hydrogen-bond donors (Lipinski definition) is 1. The summed E-state index contributed by atoms with van der Waals surface area (Å²) < 4.78 is 27.0. The van der Waals surface area contributed by atoms with Crippen molar-refractivity contribution in [1.82, 2.24) is 19.4 Å². The minimum Gasteiger partial charge on any atom is -0.317 e. The second kappa shape index (κ2) is 6.86. The smallest absolute Gasteiger partial charge is 0.214 e. The van der Waals surface area contributed by atoms with Crippen molar-refractivity contribution < 1.29 is 8.42 Å². The molecule has 0 amide bonds. The fraction of sp³-hybridized carbons (Fsp3) is 0.727. The zero-order chi connectivity index (χ0) is 13.6. The maximum Gasteiger partial charge on any atom is 0.214 e. The van der Waals surface area contributed by atoms with Crippen LogP contribution in [0.2, 0.25) is 0 Å². The lowest BCUT2D eigenvalue weighted by Crippen LogP contribution is -2.30. The third-order valence-corrected chi connectivity index (χ3v) is 4.53. The third-order valence-electron chi connectivity index (χ3n) is 2.64. The lowest BCUT2D eigenvalue weighted by Gasteiger charge is -2.16. The van der Waals surface area contributed by atoms with Gasteiger partial charge in [0.2, 0.25) is 10.0 Å². The summed E-state index contributed by atoms with van der Waals surface area (Å²) >= 11 is 0. The fourth-order valence-electron chi connectivity index (χ4n) is 1.62. The third kappa shape index (κ3) is 4.75. The van der Waals surface area contributed by atoms with E-state index in [-0.39, 0.29) is 5.75 Å². The van der Waals surface area contributed by atoms with Crippen LogP contribution in [0.15, 0.2) is 12.4 Å². The van der Waals surface area contributed by atoms with Crippen molar-refractivity contribution in [3.05, 3.63) is 18.0 Å². The first-order valence-electron chi connectivity index (χ1n) is 6.08. The maximum absolute atomic E-state index is 12.0. The first-order valence-corrected chi connectivity index (χ1v) is 7.69. The van der Waals surface area contributed by atoms with E-state index in [1.807, 2.05) is 20.2 Å². The van der Waals surface area contributed by atoms with E-state index < -0.39 is 10.0 Å².